The summed E-state index contributed by atoms with van der Waals surface area (Å²) in [5.41, 5.74) is 3.23. The Kier molecular flexibility index (Phi) is 3.91. The molecule has 1 fully saturated rings. The SMILES string of the molecule is Cc1cc(C#N)ccc1N(C)C1CCCCC1C. The van der Waals surface area contributed by atoms with E-state index in [1.165, 1.54) is 36.9 Å². The molecule has 0 saturated heterocycles. The van der Waals surface area contributed by atoms with Gasteiger partial charge in [-0.05, 0) is 49.4 Å². The number of hydrogen-bond donors (Lipinski definition) is 0. The summed E-state index contributed by atoms with van der Waals surface area (Å²) >= 11 is 0. The van der Waals surface area contributed by atoms with Crippen LogP contribution in [0.5, 0.6) is 0 Å². The molecule has 2 heteroatoms. The van der Waals surface area contributed by atoms with E-state index in [0.717, 1.165) is 11.5 Å². The average Bonchev–Trinajstić information content (AvgIpc) is 2.38. The number of anilines is 1. The van der Waals surface area contributed by atoms with Gasteiger partial charge in [0.15, 0.2) is 0 Å². The van der Waals surface area contributed by atoms with Gasteiger partial charge in [-0.2, -0.15) is 5.26 Å². The number of benzene rings is 1. The van der Waals surface area contributed by atoms with Crippen LogP contribution in [0.25, 0.3) is 0 Å². The summed E-state index contributed by atoms with van der Waals surface area (Å²) in [5, 5.41) is 8.92. The first-order valence-electron chi connectivity index (χ1n) is 6.87. The smallest absolute Gasteiger partial charge is 0.0991 e. The molecule has 2 nitrogen and oxygen atoms in total. The Morgan fingerprint density at radius 3 is 2.61 bits per heavy atom. The molecule has 0 aliphatic heterocycles. The molecule has 0 heterocycles. The molecule has 0 bridgehead atoms. The van der Waals surface area contributed by atoms with Crippen LogP contribution in [0.2, 0.25) is 0 Å². The minimum absolute atomic E-state index is 0.644. The van der Waals surface area contributed by atoms with Crippen molar-refractivity contribution in [3.8, 4) is 6.07 Å². The van der Waals surface area contributed by atoms with Gasteiger partial charge < -0.3 is 4.90 Å². The van der Waals surface area contributed by atoms with Gasteiger partial charge in [-0.3, -0.25) is 0 Å². The molecule has 2 rings (SSSR count). The van der Waals surface area contributed by atoms with Crippen molar-refractivity contribution in [2.24, 2.45) is 5.92 Å². The Balaban J connectivity index is 2.22. The fraction of sp³-hybridized carbons (Fsp3) is 0.562. The zero-order valence-electron chi connectivity index (χ0n) is 11.6. The Morgan fingerprint density at radius 2 is 2.00 bits per heavy atom. The lowest BCUT2D eigenvalue weighted by Crippen LogP contribution is -2.39. The largest absolute Gasteiger partial charge is 0.371 e. The van der Waals surface area contributed by atoms with Gasteiger partial charge >= 0.3 is 0 Å². The molecule has 0 spiro atoms. The zero-order valence-corrected chi connectivity index (χ0v) is 11.6. The minimum atomic E-state index is 0.644. The van der Waals surface area contributed by atoms with Gasteiger partial charge in [0, 0.05) is 18.8 Å². The van der Waals surface area contributed by atoms with E-state index in [1.54, 1.807) is 0 Å². The predicted molar refractivity (Wildman–Crippen MR) is 75.7 cm³/mol. The summed E-state index contributed by atoms with van der Waals surface area (Å²) in [7, 11) is 2.20. The molecule has 1 saturated carbocycles. The van der Waals surface area contributed by atoms with Gasteiger partial charge in [-0.15, -0.1) is 0 Å². The third-order valence-corrected chi connectivity index (χ3v) is 4.27. The normalized spacial score (nSPS) is 23.4. The van der Waals surface area contributed by atoms with Crippen LogP contribution in [0, 0.1) is 24.2 Å². The highest BCUT2D eigenvalue weighted by Gasteiger charge is 2.25. The summed E-state index contributed by atoms with van der Waals surface area (Å²) in [6.45, 7) is 4.46. The highest BCUT2D eigenvalue weighted by molar-refractivity contribution is 5.56. The third-order valence-electron chi connectivity index (χ3n) is 4.27. The van der Waals surface area contributed by atoms with Crippen molar-refractivity contribution >= 4 is 5.69 Å². The molecule has 0 amide bonds. The summed E-state index contributed by atoms with van der Waals surface area (Å²) in [5.74, 6) is 0.763. The molecule has 96 valence electrons. The van der Waals surface area contributed by atoms with Gasteiger partial charge in [0.1, 0.15) is 0 Å². The minimum Gasteiger partial charge on any atom is -0.371 e. The van der Waals surface area contributed by atoms with E-state index in [-0.39, 0.29) is 0 Å². The second kappa shape index (κ2) is 5.44. The fourth-order valence-corrected chi connectivity index (χ4v) is 3.17. The molecule has 0 radical (unpaired) electrons. The lowest BCUT2D eigenvalue weighted by Gasteiger charge is -2.38. The third kappa shape index (κ3) is 2.51. The quantitative estimate of drug-likeness (QED) is 0.787. The van der Waals surface area contributed by atoms with Crippen LogP contribution in [0.1, 0.15) is 43.7 Å². The second-order valence-electron chi connectivity index (χ2n) is 5.55. The van der Waals surface area contributed by atoms with Crippen molar-refractivity contribution in [1.82, 2.24) is 0 Å². The highest BCUT2D eigenvalue weighted by Crippen LogP contribution is 2.32. The maximum Gasteiger partial charge on any atom is 0.0991 e. The molecule has 0 aromatic heterocycles. The van der Waals surface area contributed by atoms with Gasteiger partial charge in [0.2, 0.25) is 0 Å². The number of hydrogen-bond acceptors (Lipinski definition) is 2. The van der Waals surface area contributed by atoms with Crippen LogP contribution in [-0.2, 0) is 0 Å². The summed E-state index contributed by atoms with van der Waals surface area (Å²) in [6.07, 6.45) is 5.34. The number of rotatable bonds is 2. The monoisotopic (exact) mass is 242 g/mol. The molecule has 1 aliphatic rings. The summed E-state index contributed by atoms with van der Waals surface area (Å²) in [4.78, 5) is 2.42. The molecule has 0 N–H and O–H groups in total. The first-order valence-corrected chi connectivity index (χ1v) is 6.87. The van der Waals surface area contributed by atoms with E-state index in [2.05, 4.69) is 37.9 Å². The Labute approximate surface area is 110 Å². The average molecular weight is 242 g/mol. The molecule has 2 unspecified atom stereocenters. The van der Waals surface area contributed by atoms with E-state index >= 15 is 0 Å². The van der Waals surface area contributed by atoms with Gasteiger partial charge in [0.05, 0.1) is 11.6 Å². The standard InChI is InChI=1S/C16H22N2/c1-12-6-4-5-7-15(12)18(3)16-9-8-14(11-17)10-13(16)2/h8-10,12,15H,4-7H2,1-3H3. The van der Waals surface area contributed by atoms with Crippen LogP contribution in [0.3, 0.4) is 0 Å². The van der Waals surface area contributed by atoms with Crippen molar-refractivity contribution in [1.29, 1.82) is 5.26 Å². The van der Waals surface area contributed by atoms with Gasteiger partial charge in [0.25, 0.3) is 0 Å². The first kappa shape index (κ1) is 13.0. The van der Waals surface area contributed by atoms with Crippen molar-refractivity contribution in [2.75, 3.05) is 11.9 Å². The maximum atomic E-state index is 8.92. The zero-order chi connectivity index (χ0) is 13.1. The number of aryl methyl sites for hydroxylation is 1. The van der Waals surface area contributed by atoms with Crippen molar-refractivity contribution < 1.29 is 0 Å². The fourth-order valence-electron chi connectivity index (χ4n) is 3.17. The summed E-state index contributed by atoms with van der Waals surface area (Å²) in [6, 6.07) is 8.85. The Bertz CT molecular complexity index is 459. The van der Waals surface area contributed by atoms with Gasteiger partial charge in [-0.25, -0.2) is 0 Å². The Morgan fingerprint density at radius 1 is 1.28 bits per heavy atom. The Hall–Kier alpha value is -1.49. The van der Waals surface area contributed by atoms with E-state index in [1.807, 2.05) is 12.1 Å². The molecule has 1 aromatic carbocycles. The van der Waals surface area contributed by atoms with E-state index < -0.39 is 0 Å². The lowest BCUT2D eigenvalue weighted by molar-refractivity contribution is 0.321. The molecular weight excluding hydrogens is 220 g/mol. The molecule has 18 heavy (non-hydrogen) atoms. The molecule has 1 aromatic rings. The lowest BCUT2D eigenvalue weighted by atomic mass is 9.84. The van der Waals surface area contributed by atoms with Crippen LogP contribution < -0.4 is 4.90 Å². The van der Waals surface area contributed by atoms with Gasteiger partial charge in [-0.1, -0.05) is 19.8 Å². The van der Waals surface area contributed by atoms with Crippen LogP contribution in [0.4, 0.5) is 5.69 Å². The number of nitrogens with zero attached hydrogens (tertiary/aromatic N) is 2. The van der Waals surface area contributed by atoms with E-state index in [4.69, 9.17) is 5.26 Å². The van der Waals surface area contributed by atoms with E-state index in [9.17, 15) is 0 Å². The highest BCUT2D eigenvalue weighted by atomic mass is 15.1. The van der Waals surface area contributed by atoms with Crippen molar-refractivity contribution in [3.05, 3.63) is 29.3 Å². The van der Waals surface area contributed by atoms with Crippen molar-refractivity contribution in [2.45, 2.75) is 45.6 Å². The predicted octanol–water partition coefficient (Wildman–Crippen LogP) is 3.88. The van der Waals surface area contributed by atoms with Crippen LogP contribution >= 0.6 is 0 Å². The molecular formula is C16H22N2. The molecule has 2 atom stereocenters. The van der Waals surface area contributed by atoms with Crippen LogP contribution in [0.15, 0.2) is 18.2 Å². The maximum absolute atomic E-state index is 8.92. The second-order valence-corrected chi connectivity index (χ2v) is 5.55. The first-order chi connectivity index (χ1) is 8.63. The van der Waals surface area contributed by atoms with Crippen LogP contribution in [-0.4, -0.2) is 13.1 Å². The topological polar surface area (TPSA) is 27.0 Å². The molecule has 1 aliphatic carbocycles. The van der Waals surface area contributed by atoms with E-state index in [0.29, 0.717) is 6.04 Å². The van der Waals surface area contributed by atoms with Crippen molar-refractivity contribution in [3.63, 3.8) is 0 Å². The summed E-state index contributed by atoms with van der Waals surface area (Å²) < 4.78 is 0. The number of nitriles is 1.